The van der Waals surface area contributed by atoms with Gasteiger partial charge in [0.05, 0.1) is 23.7 Å². The summed E-state index contributed by atoms with van der Waals surface area (Å²) in [6.45, 7) is 3.39. The number of halogens is 1. The average molecular weight is 375 g/mol. The second kappa shape index (κ2) is 6.27. The highest BCUT2D eigenvalue weighted by molar-refractivity contribution is 9.10. The van der Waals surface area contributed by atoms with Crippen LogP contribution in [0.25, 0.3) is 0 Å². The molecule has 0 bridgehead atoms. The Labute approximate surface area is 131 Å². The van der Waals surface area contributed by atoms with Gasteiger partial charge in [0.25, 0.3) is 0 Å². The van der Waals surface area contributed by atoms with Crippen molar-refractivity contribution in [2.75, 3.05) is 0 Å². The Balaban J connectivity index is 2.18. The molecule has 0 unspecified atom stereocenters. The molecule has 0 saturated carbocycles. The lowest BCUT2D eigenvalue weighted by atomic mass is 10.2. The van der Waals surface area contributed by atoms with Crippen molar-refractivity contribution in [3.63, 3.8) is 0 Å². The molecule has 8 heteroatoms. The maximum absolute atomic E-state index is 12.2. The third kappa shape index (κ3) is 3.70. The van der Waals surface area contributed by atoms with Gasteiger partial charge in [-0.05, 0) is 47.5 Å². The molecule has 0 aliphatic rings. The monoisotopic (exact) mass is 374 g/mol. The maximum atomic E-state index is 12.2. The van der Waals surface area contributed by atoms with E-state index < -0.39 is 10.0 Å². The normalized spacial score (nSPS) is 11.8. The summed E-state index contributed by atoms with van der Waals surface area (Å²) in [5, 5.41) is 9.03. The Morgan fingerprint density at radius 3 is 2.62 bits per heavy atom. The van der Waals surface area contributed by atoms with Crippen molar-refractivity contribution >= 4 is 26.0 Å². The predicted molar refractivity (Wildman–Crippen MR) is 80.1 cm³/mol. The predicted octanol–water partition coefficient (Wildman–Crippen LogP) is 2.02. The average Bonchev–Trinajstić information content (AvgIpc) is 2.75. The number of aromatic nitrogens is 1. The van der Waals surface area contributed by atoms with Crippen LogP contribution in [0, 0.1) is 13.8 Å². The zero-order valence-corrected chi connectivity index (χ0v) is 14.0. The van der Waals surface area contributed by atoms with Crippen LogP contribution in [0.3, 0.4) is 0 Å². The highest BCUT2D eigenvalue weighted by Crippen LogP contribution is 2.23. The van der Waals surface area contributed by atoms with Gasteiger partial charge >= 0.3 is 0 Å². The van der Waals surface area contributed by atoms with Crippen LogP contribution in [0.2, 0.25) is 0 Å². The molecule has 6 nitrogen and oxygen atoms in total. The van der Waals surface area contributed by atoms with Crippen LogP contribution in [0.1, 0.15) is 22.9 Å². The number of oxazole rings is 1. The third-order valence-electron chi connectivity index (χ3n) is 2.95. The zero-order valence-electron chi connectivity index (χ0n) is 11.6. The number of aliphatic hydroxyl groups excluding tert-OH is 1. The minimum Gasteiger partial charge on any atom is -0.444 e. The number of sulfonamides is 1. The number of rotatable bonds is 5. The van der Waals surface area contributed by atoms with Crippen molar-refractivity contribution in [2.45, 2.75) is 31.9 Å². The Bertz CT molecular complexity index is 736. The minimum atomic E-state index is -3.70. The van der Waals surface area contributed by atoms with E-state index in [1.807, 2.05) is 0 Å². The second-order valence-electron chi connectivity index (χ2n) is 4.50. The number of hydrogen-bond acceptors (Lipinski definition) is 5. The molecule has 0 fully saturated rings. The summed E-state index contributed by atoms with van der Waals surface area (Å²) in [4.78, 5) is 4.22. The van der Waals surface area contributed by atoms with Crippen molar-refractivity contribution in [1.29, 1.82) is 0 Å². The Hall–Kier alpha value is -1.22. The van der Waals surface area contributed by atoms with Crippen LogP contribution >= 0.6 is 15.9 Å². The van der Waals surface area contributed by atoms with Crippen LogP contribution in [0.5, 0.6) is 0 Å². The molecule has 0 aliphatic carbocycles. The van der Waals surface area contributed by atoms with Gasteiger partial charge in [-0.25, -0.2) is 18.1 Å². The molecule has 0 saturated heterocycles. The number of hydrogen-bond donors (Lipinski definition) is 2. The Morgan fingerprint density at radius 1 is 1.38 bits per heavy atom. The van der Waals surface area contributed by atoms with Crippen LogP contribution in [0.15, 0.2) is 32.0 Å². The number of aryl methyl sites for hydroxylation is 2. The van der Waals surface area contributed by atoms with Gasteiger partial charge in [-0.1, -0.05) is 6.07 Å². The lowest BCUT2D eigenvalue weighted by Crippen LogP contribution is -2.23. The molecule has 1 aromatic heterocycles. The first-order valence-corrected chi connectivity index (χ1v) is 8.43. The van der Waals surface area contributed by atoms with Crippen molar-refractivity contribution in [3.05, 3.63) is 45.6 Å². The number of nitrogens with zero attached hydrogens (tertiary/aromatic N) is 1. The number of aliphatic hydroxyl groups is 1. The molecular formula is C13H15BrN2O4S. The van der Waals surface area contributed by atoms with E-state index >= 15 is 0 Å². The first kappa shape index (κ1) is 16.2. The van der Waals surface area contributed by atoms with Gasteiger partial charge in [-0.3, -0.25) is 0 Å². The molecule has 0 atom stereocenters. The Kier molecular flexibility index (Phi) is 4.82. The quantitative estimate of drug-likeness (QED) is 0.834. The topological polar surface area (TPSA) is 92.4 Å². The largest absolute Gasteiger partial charge is 0.444 e. The van der Waals surface area contributed by atoms with E-state index in [-0.39, 0.29) is 18.0 Å². The molecule has 21 heavy (non-hydrogen) atoms. The summed E-state index contributed by atoms with van der Waals surface area (Å²) in [7, 11) is -3.70. The molecular weight excluding hydrogens is 360 g/mol. The zero-order chi connectivity index (χ0) is 15.6. The molecule has 0 aliphatic heterocycles. The van der Waals surface area contributed by atoms with Crippen LogP contribution < -0.4 is 4.72 Å². The van der Waals surface area contributed by atoms with Gasteiger partial charge in [0.1, 0.15) is 5.76 Å². The molecule has 114 valence electrons. The van der Waals surface area contributed by atoms with Gasteiger partial charge in [-0.15, -0.1) is 0 Å². The summed E-state index contributed by atoms with van der Waals surface area (Å²) in [6, 6.07) is 4.55. The summed E-state index contributed by atoms with van der Waals surface area (Å²) in [6.07, 6.45) is 0. The number of benzene rings is 1. The van der Waals surface area contributed by atoms with Crippen molar-refractivity contribution in [1.82, 2.24) is 9.71 Å². The van der Waals surface area contributed by atoms with Crippen molar-refractivity contribution in [2.24, 2.45) is 0 Å². The van der Waals surface area contributed by atoms with E-state index in [0.29, 0.717) is 21.7 Å². The van der Waals surface area contributed by atoms with E-state index in [0.717, 1.165) is 5.69 Å². The molecule has 2 N–H and O–H groups in total. The fraction of sp³-hybridized carbons (Fsp3) is 0.308. The maximum Gasteiger partial charge on any atom is 0.242 e. The SMILES string of the molecule is Cc1nc(CNS(=O)(=O)c2ccc(CO)cc2Br)oc1C. The Morgan fingerprint density at radius 2 is 2.10 bits per heavy atom. The molecule has 1 heterocycles. The van der Waals surface area contributed by atoms with E-state index in [4.69, 9.17) is 9.52 Å². The lowest BCUT2D eigenvalue weighted by Gasteiger charge is -2.08. The first-order valence-electron chi connectivity index (χ1n) is 6.15. The molecule has 0 radical (unpaired) electrons. The fourth-order valence-corrected chi connectivity index (χ4v) is 3.81. The summed E-state index contributed by atoms with van der Waals surface area (Å²) in [5.41, 5.74) is 1.36. The van der Waals surface area contributed by atoms with Crippen molar-refractivity contribution < 1.29 is 17.9 Å². The smallest absolute Gasteiger partial charge is 0.242 e. The molecule has 2 rings (SSSR count). The van der Waals surface area contributed by atoms with E-state index in [1.165, 1.54) is 6.07 Å². The molecule has 0 spiro atoms. The third-order valence-corrected chi connectivity index (χ3v) is 5.33. The first-order chi connectivity index (χ1) is 9.83. The van der Waals surface area contributed by atoms with Gasteiger partial charge in [0.2, 0.25) is 15.9 Å². The van der Waals surface area contributed by atoms with Crippen LogP contribution in [-0.4, -0.2) is 18.5 Å². The highest BCUT2D eigenvalue weighted by atomic mass is 79.9. The van der Waals surface area contributed by atoms with E-state index in [1.54, 1.807) is 26.0 Å². The van der Waals surface area contributed by atoms with Gasteiger partial charge < -0.3 is 9.52 Å². The summed E-state index contributed by atoms with van der Waals surface area (Å²) >= 11 is 3.20. The molecule has 0 amide bonds. The van der Waals surface area contributed by atoms with E-state index in [9.17, 15) is 8.42 Å². The lowest BCUT2D eigenvalue weighted by molar-refractivity contribution is 0.281. The van der Waals surface area contributed by atoms with Gasteiger partial charge in [0.15, 0.2) is 0 Å². The molecule has 1 aromatic carbocycles. The highest BCUT2D eigenvalue weighted by Gasteiger charge is 2.19. The van der Waals surface area contributed by atoms with E-state index in [2.05, 4.69) is 25.6 Å². The summed E-state index contributed by atoms with van der Waals surface area (Å²) < 4.78 is 32.6. The van der Waals surface area contributed by atoms with Crippen molar-refractivity contribution in [3.8, 4) is 0 Å². The summed E-state index contributed by atoms with van der Waals surface area (Å²) in [5.74, 6) is 0.981. The van der Waals surface area contributed by atoms with Gasteiger partial charge in [0, 0.05) is 4.47 Å². The molecule has 2 aromatic rings. The standard InChI is InChI=1S/C13H15BrN2O4S/c1-8-9(2)20-13(16-8)6-15-21(18,19)12-4-3-10(7-17)5-11(12)14/h3-5,15,17H,6-7H2,1-2H3. The van der Waals surface area contributed by atoms with Crippen LogP contribution in [0.4, 0.5) is 0 Å². The van der Waals surface area contributed by atoms with Crippen LogP contribution in [-0.2, 0) is 23.2 Å². The minimum absolute atomic E-state index is 0.0226. The second-order valence-corrected chi connectivity index (χ2v) is 7.09. The fourth-order valence-electron chi connectivity index (χ4n) is 1.71. The van der Waals surface area contributed by atoms with Gasteiger partial charge in [-0.2, -0.15) is 0 Å². The number of nitrogens with one attached hydrogen (secondary N) is 1.